The van der Waals surface area contributed by atoms with Crippen LogP contribution < -0.4 is 0 Å². The van der Waals surface area contributed by atoms with Gasteiger partial charge in [-0.15, -0.1) is 0 Å². The normalized spacial score (nSPS) is 31.9. The molecule has 17 heavy (non-hydrogen) atoms. The zero-order valence-electron chi connectivity index (χ0n) is 10.7. The van der Waals surface area contributed by atoms with Crippen LogP contribution in [0.15, 0.2) is 12.2 Å². The largest absolute Gasteiger partial charge is 0.396 e. The highest BCUT2D eigenvalue weighted by molar-refractivity contribution is 4.98. The molecule has 1 aliphatic heterocycles. The first-order valence-electron chi connectivity index (χ1n) is 6.86. The summed E-state index contributed by atoms with van der Waals surface area (Å²) in [4.78, 5) is 0. The minimum absolute atomic E-state index is 0.273. The Labute approximate surface area is 104 Å². The average Bonchev–Trinajstić information content (AvgIpc) is 2.92. The molecular formula is C14H24O3. The van der Waals surface area contributed by atoms with E-state index in [1.54, 1.807) is 0 Å². The second-order valence-electron chi connectivity index (χ2n) is 5.04. The molecule has 0 bridgehead atoms. The van der Waals surface area contributed by atoms with Crippen molar-refractivity contribution in [2.24, 2.45) is 11.8 Å². The van der Waals surface area contributed by atoms with Crippen LogP contribution in [0, 0.1) is 11.8 Å². The van der Waals surface area contributed by atoms with Crippen molar-refractivity contribution in [1.29, 1.82) is 0 Å². The Bertz CT molecular complexity index is 256. The molecule has 1 heterocycles. The van der Waals surface area contributed by atoms with E-state index in [0.717, 1.165) is 45.3 Å². The highest BCUT2D eigenvalue weighted by Gasteiger charge is 2.51. The molecule has 98 valence electrons. The zero-order chi connectivity index (χ0) is 12.1. The van der Waals surface area contributed by atoms with Crippen molar-refractivity contribution in [2.45, 2.75) is 44.8 Å². The molecule has 2 fully saturated rings. The lowest BCUT2D eigenvalue weighted by Gasteiger charge is -2.31. The van der Waals surface area contributed by atoms with E-state index in [1.807, 2.05) is 0 Å². The predicted octanol–water partition coefficient (Wildman–Crippen LogP) is 2.49. The number of allylic oxidation sites excluding steroid dienone is 2. The molecule has 0 amide bonds. The molecule has 2 atom stereocenters. The van der Waals surface area contributed by atoms with Crippen molar-refractivity contribution in [3.63, 3.8) is 0 Å². The number of rotatable bonds is 5. The van der Waals surface area contributed by atoms with Crippen LogP contribution in [0.2, 0.25) is 0 Å². The standard InChI is InChI=1S/C14H24O3/c1-2-3-4-5-13-12(7-9-15)6-8-14(13)16-10-11-17-14/h3-4,12-13,15H,2,5-11H2,1H3/t12-,13-/m1/s1. The van der Waals surface area contributed by atoms with Crippen molar-refractivity contribution >= 4 is 0 Å². The molecule has 2 aliphatic rings. The van der Waals surface area contributed by atoms with Crippen LogP contribution in [0.25, 0.3) is 0 Å². The van der Waals surface area contributed by atoms with Gasteiger partial charge in [-0.1, -0.05) is 19.1 Å². The minimum atomic E-state index is -0.335. The summed E-state index contributed by atoms with van der Waals surface area (Å²) in [7, 11) is 0. The molecule has 0 radical (unpaired) electrons. The van der Waals surface area contributed by atoms with Crippen molar-refractivity contribution in [3.8, 4) is 0 Å². The number of hydrogen-bond donors (Lipinski definition) is 1. The Kier molecular flexibility index (Phi) is 4.60. The smallest absolute Gasteiger partial charge is 0.171 e. The van der Waals surface area contributed by atoms with Crippen LogP contribution in [0.1, 0.15) is 39.0 Å². The second-order valence-corrected chi connectivity index (χ2v) is 5.04. The third-order valence-electron chi connectivity index (χ3n) is 4.07. The maximum absolute atomic E-state index is 9.15. The molecule has 3 heteroatoms. The van der Waals surface area contributed by atoms with E-state index in [4.69, 9.17) is 14.6 Å². The third kappa shape index (κ3) is 2.72. The van der Waals surface area contributed by atoms with Crippen molar-refractivity contribution in [2.75, 3.05) is 19.8 Å². The van der Waals surface area contributed by atoms with Crippen LogP contribution >= 0.6 is 0 Å². The summed E-state index contributed by atoms with van der Waals surface area (Å²) in [5, 5.41) is 9.15. The molecule has 0 aromatic heterocycles. The highest BCUT2D eigenvalue weighted by atomic mass is 16.7. The van der Waals surface area contributed by atoms with Crippen LogP contribution in [0.4, 0.5) is 0 Å². The minimum Gasteiger partial charge on any atom is -0.396 e. The van der Waals surface area contributed by atoms with Gasteiger partial charge in [-0.25, -0.2) is 0 Å². The van der Waals surface area contributed by atoms with Gasteiger partial charge in [0.1, 0.15) is 0 Å². The first-order chi connectivity index (χ1) is 8.32. The van der Waals surface area contributed by atoms with E-state index >= 15 is 0 Å². The van der Waals surface area contributed by atoms with Crippen LogP contribution in [-0.4, -0.2) is 30.7 Å². The van der Waals surface area contributed by atoms with Gasteiger partial charge in [-0.05, 0) is 31.6 Å². The van der Waals surface area contributed by atoms with E-state index in [2.05, 4.69) is 19.1 Å². The molecule has 3 nitrogen and oxygen atoms in total. The van der Waals surface area contributed by atoms with Crippen LogP contribution in [-0.2, 0) is 9.47 Å². The molecule has 0 aromatic carbocycles. The summed E-state index contributed by atoms with van der Waals surface area (Å²) < 4.78 is 11.8. The lowest BCUT2D eigenvalue weighted by molar-refractivity contribution is -0.185. The summed E-state index contributed by atoms with van der Waals surface area (Å²) in [6.45, 7) is 3.86. The van der Waals surface area contributed by atoms with E-state index in [-0.39, 0.29) is 12.4 Å². The summed E-state index contributed by atoms with van der Waals surface area (Å²) >= 11 is 0. The van der Waals surface area contributed by atoms with Crippen molar-refractivity contribution in [1.82, 2.24) is 0 Å². The summed E-state index contributed by atoms with van der Waals surface area (Å²) in [5.74, 6) is 0.623. The summed E-state index contributed by atoms with van der Waals surface area (Å²) in [6.07, 6.45) is 9.52. The second kappa shape index (κ2) is 5.98. The molecule has 1 saturated heterocycles. The van der Waals surface area contributed by atoms with Gasteiger partial charge in [-0.3, -0.25) is 0 Å². The van der Waals surface area contributed by atoms with Gasteiger partial charge in [0.05, 0.1) is 13.2 Å². The van der Waals surface area contributed by atoms with Gasteiger partial charge in [0.15, 0.2) is 5.79 Å². The topological polar surface area (TPSA) is 38.7 Å². The van der Waals surface area contributed by atoms with Crippen molar-refractivity contribution < 1.29 is 14.6 Å². The molecule has 1 N–H and O–H groups in total. The number of hydrogen-bond acceptors (Lipinski definition) is 3. The van der Waals surface area contributed by atoms with Gasteiger partial charge >= 0.3 is 0 Å². The molecule has 2 rings (SSSR count). The quantitative estimate of drug-likeness (QED) is 0.750. The fourth-order valence-electron chi connectivity index (χ4n) is 3.25. The van der Waals surface area contributed by atoms with Crippen molar-refractivity contribution in [3.05, 3.63) is 12.2 Å². The lowest BCUT2D eigenvalue weighted by atomic mass is 9.87. The Balaban J connectivity index is 2.03. The number of aliphatic hydroxyl groups excluding tert-OH is 1. The fraction of sp³-hybridized carbons (Fsp3) is 0.857. The van der Waals surface area contributed by atoms with Crippen LogP contribution in [0.5, 0.6) is 0 Å². The zero-order valence-corrected chi connectivity index (χ0v) is 10.7. The van der Waals surface area contributed by atoms with Gasteiger partial charge in [0.2, 0.25) is 0 Å². The van der Waals surface area contributed by atoms with Gasteiger partial charge < -0.3 is 14.6 Å². The first-order valence-corrected chi connectivity index (χ1v) is 6.86. The molecule has 0 unspecified atom stereocenters. The van der Waals surface area contributed by atoms with E-state index < -0.39 is 0 Å². The number of ether oxygens (including phenoxy) is 2. The Morgan fingerprint density at radius 1 is 1.29 bits per heavy atom. The SMILES string of the molecule is CCC=CC[C@@H]1[C@@H](CCO)CCC12OCCO2. The maximum Gasteiger partial charge on any atom is 0.171 e. The predicted molar refractivity (Wildman–Crippen MR) is 66.6 cm³/mol. The average molecular weight is 240 g/mol. The third-order valence-corrected chi connectivity index (χ3v) is 4.07. The Morgan fingerprint density at radius 3 is 2.71 bits per heavy atom. The van der Waals surface area contributed by atoms with E-state index in [9.17, 15) is 0 Å². The molecule has 1 spiro atoms. The lowest BCUT2D eigenvalue weighted by Crippen LogP contribution is -2.36. The maximum atomic E-state index is 9.15. The molecule has 0 aromatic rings. The van der Waals surface area contributed by atoms with E-state index in [1.165, 1.54) is 0 Å². The fourth-order valence-corrected chi connectivity index (χ4v) is 3.25. The summed E-state index contributed by atoms with van der Waals surface area (Å²) in [6, 6.07) is 0. The molecule has 1 saturated carbocycles. The highest BCUT2D eigenvalue weighted by Crippen LogP contribution is 2.48. The van der Waals surface area contributed by atoms with Crippen LogP contribution in [0.3, 0.4) is 0 Å². The Morgan fingerprint density at radius 2 is 2.06 bits per heavy atom. The van der Waals surface area contributed by atoms with Gasteiger partial charge in [0, 0.05) is 18.9 Å². The van der Waals surface area contributed by atoms with Gasteiger partial charge in [-0.2, -0.15) is 0 Å². The monoisotopic (exact) mass is 240 g/mol. The Hall–Kier alpha value is -0.380. The number of aliphatic hydroxyl groups is 1. The molecule has 1 aliphatic carbocycles. The summed E-state index contributed by atoms with van der Waals surface area (Å²) in [5.41, 5.74) is 0. The van der Waals surface area contributed by atoms with Gasteiger partial charge in [0.25, 0.3) is 0 Å². The molecular weight excluding hydrogens is 216 g/mol. The first kappa shape index (κ1) is 13.1. The van der Waals surface area contributed by atoms with E-state index in [0.29, 0.717) is 11.8 Å².